The number of urea groups is 1. The van der Waals surface area contributed by atoms with Gasteiger partial charge in [0.2, 0.25) is 0 Å². The van der Waals surface area contributed by atoms with Crippen molar-refractivity contribution in [1.82, 2.24) is 4.90 Å². The third-order valence-corrected chi connectivity index (χ3v) is 4.17. The Labute approximate surface area is 118 Å². The number of likely N-dealkylation sites (tertiary alicyclic amines) is 1. The van der Waals surface area contributed by atoms with Crippen molar-refractivity contribution in [3.05, 3.63) is 28.8 Å². The molecule has 19 heavy (non-hydrogen) atoms. The van der Waals surface area contributed by atoms with Crippen LogP contribution >= 0.6 is 11.6 Å². The number of aryl methyl sites for hydroxylation is 1. The number of nitrogens with one attached hydrogen (secondary N) is 1. The van der Waals surface area contributed by atoms with Gasteiger partial charge < -0.3 is 16.0 Å². The summed E-state index contributed by atoms with van der Waals surface area (Å²) in [4.78, 5) is 14.0. The number of benzene rings is 1. The molecule has 0 bridgehead atoms. The van der Waals surface area contributed by atoms with E-state index in [0.29, 0.717) is 18.1 Å². The number of amides is 2. The average molecular weight is 282 g/mol. The van der Waals surface area contributed by atoms with E-state index in [1.54, 1.807) is 11.0 Å². The summed E-state index contributed by atoms with van der Waals surface area (Å²) in [7, 11) is 0. The Kier molecular flexibility index (Phi) is 4.02. The van der Waals surface area contributed by atoms with Crippen LogP contribution < -0.4 is 11.1 Å². The van der Waals surface area contributed by atoms with Gasteiger partial charge in [-0.2, -0.15) is 0 Å². The first-order valence-electron chi connectivity index (χ1n) is 6.46. The van der Waals surface area contributed by atoms with Crippen molar-refractivity contribution < 1.29 is 4.79 Å². The molecule has 0 aliphatic carbocycles. The molecule has 0 radical (unpaired) electrons. The highest BCUT2D eigenvalue weighted by atomic mass is 35.5. The quantitative estimate of drug-likeness (QED) is 0.876. The zero-order chi connectivity index (χ0) is 14.0. The standard InChI is InChI=1S/C14H20ClN3O/c1-10-3-4-11(7-12(10)15)17-13(19)18-6-5-14(2,8-16)9-18/h3-4,7H,5-6,8-9,16H2,1-2H3,(H,17,19). The minimum absolute atomic E-state index is 0.0439. The lowest BCUT2D eigenvalue weighted by molar-refractivity contribution is 0.216. The molecule has 1 aromatic rings. The van der Waals surface area contributed by atoms with Gasteiger partial charge in [0.05, 0.1) is 0 Å². The number of hydrogen-bond acceptors (Lipinski definition) is 2. The van der Waals surface area contributed by atoms with E-state index in [4.69, 9.17) is 17.3 Å². The van der Waals surface area contributed by atoms with Crippen molar-refractivity contribution in [3.63, 3.8) is 0 Å². The number of rotatable bonds is 2. The molecule has 2 amide bonds. The van der Waals surface area contributed by atoms with Crippen molar-refractivity contribution >= 4 is 23.3 Å². The molecule has 3 N–H and O–H groups in total. The zero-order valence-electron chi connectivity index (χ0n) is 11.4. The first-order valence-corrected chi connectivity index (χ1v) is 6.83. The van der Waals surface area contributed by atoms with E-state index < -0.39 is 0 Å². The summed E-state index contributed by atoms with van der Waals surface area (Å²) in [5.41, 5.74) is 7.51. The van der Waals surface area contributed by atoms with E-state index in [2.05, 4.69) is 12.2 Å². The smallest absolute Gasteiger partial charge is 0.321 e. The topological polar surface area (TPSA) is 58.4 Å². The van der Waals surface area contributed by atoms with Crippen LogP contribution in [-0.2, 0) is 0 Å². The van der Waals surface area contributed by atoms with E-state index >= 15 is 0 Å². The fourth-order valence-corrected chi connectivity index (χ4v) is 2.42. The molecule has 5 heteroatoms. The van der Waals surface area contributed by atoms with Crippen LogP contribution in [0.15, 0.2) is 18.2 Å². The van der Waals surface area contributed by atoms with E-state index in [9.17, 15) is 4.79 Å². The molecular formula is C14H20ClN3O. The van der Waals surface area contributed by atoms with Gasteiger partial charge in [0.25, 0.3) is 0 Å². The van der Waals surface area contributed by atoms with Crippen molar-refractivity contribution in [2.75, 3.05) is 25.0 Å². The Bertz CT molecular complexity index is 492. The molecule has 2 rings (SSSR count). The van der Waals surface area contributed by atoms with Crippen LogP contribution in [0, 0.1) is 12.3 Å². The molecular weight excluding hydrogens is 262 g/mol. The molecule has 0 aromatic heterocycles. The first kappa shape index (κ1) is 14.2. The van der Waals surface area contributed by atoms with Crippen LogP contribution in [0.3, 0.4) is 0 Å². The molecule has 1 aliphatic heterocycles. The van der Waals surface area contributed by atoms with Crippen LogP contribution in [0.2, 0.25) is 5.02 Å². The largest absolute Gasteiger partial charge is 0.330 e. The third-order valence-electron chi connectivity index (χ3n) is 3.76. The Morgan fingerprint density at radius 3 is 2.89 bits per heavy atom. The third kappa shape index (κ3) is 3.19. The van der Waals surface area contributed by atoms with Gasteiger partial charge in [-0.1, -0.05) is 24.6 Å². The molecule has 0 spiro atoms. The van der Waals surface area contributed by atoms with Crippen molar-refractivity contribution in [2.24, 2.45) is 11.1 Å². The number of hydrogen-bond donors (Lipinski definition) is 2. The lowest BCUT2D eigenvalue weighted by Crippen LogP contribution is -2.36. The van der Waals surface area contributed by atoms with Gasteiger partial charge in [-0.3, -0.25) is 0 Å². The number of anilines is 1. The second kappa shape index (κ2) is 5.39. The van der Waals surface area contributed by atoms with Gasteiger partial charge in [-0.25, -0.2) is 4.79 Å². The highest BCUT2D eigenvalue weighted by molar-refractivity contribution is 6.31. The van der Waals surface area contributed by atoms with Gasteiger partial charge in [-0.15, -0.1) is 0 Å². The summed E-state index contributed by atoms with van der Waals surface area (Å²) in [5, 5.41) is 3.53. The summed E-state index contributed by atoms with van der Waals surface area (Å²) >= 11 is 6.04. The lowest BCUT2D eigenvalue weighted by atomic mass is 9.90. The highest BCUT2D eigenvalue weighted by Gasteiger charge is 2.34. The van der Waals surface area contributed by atoms with Gasteiger partial charge in [0.15, 0.2) is 0 Å². The monoisotopic (exact) mass is 281 g/mol. The Hall–Kier alpha value is -1.26. The maximum absolute atomic E-state index is 12.1. The molecule has 1 unspecified atom stereocenters. The van der Waals surface area contributed by atoms with E-state index in [0.717, 1.165) is 24.2 Å². The Morgan fingerprint density at radius 2 is 2.32 bits per heavy atom. The van der Waals surface area contributed by atoms with Gasteiger partial charge >= 0.3 is 6.03 Å². The van der Waals surface area contributed by atoms with Crippen molar-refractivity contribution in [2.45, 2.75) is 20.3 Å². The first-order chi connectivity index (χ1) is 8.93. The summed E-state index contributed by atoms with van der Waals surface area (Å²) in [5.74, 6) is 0. The second-order valence-corrected chi connectivity index (χ2v) is 5.99. The average Bonchev–Trinajstić information content (AvgIpc) is 2.78. The van der Waals surface area contributed by atoms with Gasteiger partial charge in [0, 0.05) is 23.8 Å². The van der Waals surface area contributed by atoms with Crippen LogP contribution in [0.25, 0.3) is 0 Å². The van der Waals surface area contributed by atoms with Crippen LogP contribution in [0.1, 0.15) is 18.9 Å². The molecule has 1 fully saturated rings. The fourth-order valence-electron chi connectivity index (χ4n) is 2.24. The molecule has 1 heterocycles. The number of nitrogens with zero attached hydrogens (tertiary/aromatic N) is 1. The molecule has 1 atom stereocenters. The second-order valence-electron chi connectivity index (χ2n) is 5.58. The SMILES string of the molecule is Cc1ccc(NC(=O)N2CCC(C)(CN)C2)cc1Cl. The maximum Gasteiger partial charge on any atom is 0.321 e. The van der Waals surface area contributed by atoms with Crippen molar-refractivity contribution in [1.29, 1.82) is 0 Å². The zero-order valence-corrected chi connectivity index (χ0v) is 12.1. The predicted molar refractivity (Wildman–Crippen MR) is 78.6 cm³/mol. The van der Waals surface area contributed by atoms with Gasteiger partial charge in [-0.05, 0) is 43.0 Å². The van der Waals surface area contributed by atoms with Crippen LogP contribution in [0.4, 0.5) is 10.5 Å². The molecule has 1 aliphatic rings. The minimum atomic E-state index is -0.0860. The summed E-state index contributed by atoms with van der Waals surface area (Å²) in [6.07, 6.45) is 0.950. The highest BCUT2D eigenvalue weighted by Crippen LogP contribution is 2.29. The summed E-state index contributed by atoms with van der Waals surface area (Å²) in [6.45, 7) is 6.10. The van der Waals surface area contributed by atoms with E-state index in [1.807, 2.05) is 19.1 Å². The molecule has 4 nitrogen and oxygen atoms in total. The number of halogens is 1. The Morgan fingerprint density at radius 1 is 1.58 bits per heavy atom. The maximum atomic E-state index is 12.1. The Balaban J connectivity index is 2.00. The van der Waals surface area contributed by atoms with Gasteiger partial charge in [0.1, 0.15) is 0 Å². The van der Waals surface area contributed by atoms with Crippen molar-refractivity contribution in [3.8, 4) is 0 Å². The van der Waals surface area contributed by atoms with E-state index in [1.165, 1.54) is 0 Å². The van der Waals surface area contributed by atoms with Crippen LogP contribution in [-0.4, -0.2) is 30.6 Å². The molecule has 1 aromatic carbocycles. The number of carbonyl (C=O) groups excluding carboxylic acids is 1. The number of nitrogens with two attached hydrogens (primary N) is 1. The summed E-state index contributed by atoms with van der Waals surface area (Å²) in [6, 6.07) is 5.44. The summed E-state index contributed by atoms with van der Waals surface area (Å²) < 4.78 is 0. The van der Waals surface area contributed by atoms with Crippen LogP contribution in [0.5, 0.6) is 0 Å². The fraction of sp³-hybridized carbons (Fsp3) is 0.500. The number of carbonyl (C=O) groups is 1. The van der Waals surface area contributed by atoms with E-state index in [-0.39, 0.29) is 11.4 Å². The predicted octanol–water partition coefficient (Wildman–Crippen LogP) is 2.85. The minimum Gasteiger partial charge on any atom is -0.330 e. The lowest BCUT2D eigenvalue weighted by Gasteiger charge is -2.22. The molecule has 0 saturated carbocycles. The normalized spacial score (nSPS) is 22.6. The molecule has 104 valence electrons. The molecule has 1 saturated heterocycles.